The molecular weight excluding hydrogens is 415 g/mol. The summed E-state index contributed by atoms with van der Waals surface area (Å²) in [6.07, 6.45) is 4.25. The lowest BCUT2D eigenvalue weighted by Gasteiger charge is -2.16. The summed E-state index contributed by atoms with van der Waals surface area (Å²) in [7, 11) is 0. The number of carbonyl (C=O) groups is 2. The lowest BCUT2D eigenvalue weighted by atomic mass is 10.1. The Kier molecular flexibility index (Phi) is 8.26. The van der Waals surface area contributed by atoms with Crippen molar-refractivity contribution in [1.82, 2.24) is 9.62 Å². The molecule has 1 aliphatic heterocycles. The number of hydrogen-bond donors (Lipinski definition) is 1. The first-order valence-electron chi connectivity index (χ1n) is 10.4. The maximum atomic E-state index is 13.8. The SMILES string of the molecule is C=CCOc1cc([C@H](C)NSCCCCCN2C(=O)c3ccccc3C2=O)ccc1F. The molecule has 164 valence electrons. The van der Waals surface area contributed by atoms with Crippen molar-refractivity contribution in [2.75, 3.05) is 18.9 Å². The molecule has 0 saturated heterocycles. The van der Waals surface area contributed by atoms with E-state index in [1.807, 2.05) is 6.92 Å². The van der Waals surface area contributed by atoms with E-state index in [0.29, 0.717) is 17.7 Å². The van der Waals surface area contributed by atoms with Crippen LogP contribution in [0.2, 0.25) is 0 Å². The molecule has 0 spiro atoms. The highest BCUT2D eigenvalue weighted by Crippen LogP contribution is 2.25. The van der Waals surface area contributed by atoms with Gasteiger partial charge in [-0.2, -0.15) is 0 Å². The van der Waals surface area contributed by atoms with Gasteiger partial charge in [-0.1, -0.05) is 49.2 Å². The number of nitrogens with zero attached hydrogens (tertiary/aromatic N) is 1. The topological polar surface area (TPSA) is 58.6 Å². The number of benzene rings is 2. The monoisotopic (exact) mass is 442 g/mol. The zero-order valence-electron chi connectivity index (χ0n) is 17.6. The molecule has 0 radical (unpaired) electrons. The van der Waals surface area contributed by atoms with Crippen molar-refractivity contribution >= 4 is 23.8 Å². The predicted molar refractivity (Wildman–Crippen MR) is 122 cm³/mol. The highest BCUT2D eigenvalue weighted by molar-refractivity contribution is 7.97. The number of ether oxygens (including phenoxy) is 1. The molecule has 0 fully saturated rings. The zero-order chi connectivity index (χ0) is 22.2. The molecule has 2 amide bonds. The lowest BCUT2D eigenvalue weighted by Crippen LogP contribution is -2.30. The van der Waals surface area contributed by atoms with Crippen LogP contribution in [-0.4, -0.2) is 35.6 Å². The largest absolute Gasteiger partial charge is 0.486 e. The molecule has 0 saturated carbocycles. The standard InChI is InChI=1S/C24H27FN2O3S/c1-3-14-30-22-16-18(11-12-21(22)25)17(2)26-31-15-8-4-7-13-27-23(28)19-9-5-6-10-20(19)24(27)29/h3,5-6,9-12,16-17,26H,1,4,7-8,13-15H2,2H3/t17-/m0/s1. The molecular formula is C24H27FN2O3S. The van der Waals surface area contributed by atoms with E-state index in [-0.39, 0.29) is 36.0 Å². The third-order valence-electron chi connectivity index (χ3n) is 5.08. The van der Waals surface area contributed by atoms with Crippen LogP contribution in [0.3, 0.4) is 0 Å². The Morgan fingerprint density at radius 2 is 1.84 bits per heavy atom. The van der Waals surface area contributed by atoms with E-state index >= 15 is 0 Å². The highest BCUT2D eigenvalue weighted by atomic mass is 32.2. The summed E-state index contributed by atoms with van der Waals surface area (Å²) >= 11 is 1.61. The van der Waals surface area contributed by atoms with Gasteiger partial charge >= 0.3 is 0 Å². The van der Waals surface area contributed by atoms with Gasteiger partial charge in [0.1, 0.15) is 6.61 Å². The molecule has 0 unspecified atom stereocenters. The molecule has 1 atom stereocenters. The molecule has 7 heteroatoms. The molecule has 0 aliphatic carbocycles. The average Bonchev–Trinajstić information content (AvgIpc) is 3.02. The second-order valence-corrected chi connectivity index (χ2v) is 8.28. The van der Waals surface area contributed by atoms with Crippen molar-refractivity contribution in [3.8, 4) is 5.75 Å². The molecule has 0 aromatic heterocycles. The fourth-order valence-corrected chi connectivity index (χ4v) is 4.22. The Hall–Kier alpha value is -2.64. The van der Waals surface area contributed by atoms with Crippen LogP contribution in [0.1, 0.15) is 58.5 Å². The Morgan fingerprint density at radius 1 is 1.13 bits per heavy atom. The number of nitrogens with one attached hydrogen (secondary N) is 1. The van der Waals surface area contributed by atoms with Gasteiger partial charge in [0.15, 0.2) is 11.6 Å². The molecule has 0 bridgehead atoms. The van der Waals surface area contributed by atoms with Crippen LogP contribution in [-0.2, 0) is 0 Å². The maximum Gasteiger partial charge on any atom is 0.261 e. The fourth-order valence-electron chi connectivity index (χ4n) is 3.36. The van der Waals surface area contributed by atoms with Gasteiger partial charge in [-0.3, -0.25) is 19.2 Å². The van der Waals surface area contributed by atoms with Crippen LogP contribution in [0, 0.1) is 5.82 Å². The minimum atomic E-state index is -0.386. The van der Waals surface area contributed by atoms with Crippen molar-refractivity contribution in [2.45, 2.75) is 32.2 Å². The van der Waals surface area contributed by atoms with E-state index in [9.17, 15) is 14.0 Å². The smallest absolute Gasteiger partial charge is 0.261 e. The van der Waals surface area contributed by atoms with Gasteiger partial charge in [0, 0.05) is 18.3 Å². The number of halogens is 1. The van der Waals surface area contributed by atoms with E-state index in [1.54, 1.807) is 54.4 Å². The third-order valence-corrected chi connectivity index (χ3v) is 6.09. The van der Waals surface area contributed by atoms with E-state index in [1.165, 1.54) is 11.0 Å². The first-order valence-corrected chi connectivity index (χ1v) is 11.4. The molecule has 3 rings (SSSR count). The zero-order valence-corrected chi connectivity index (χ0v) is 18.4. The summed E-state index contributed by atoms with van der Waals surface area (Å²) < 4.78 is 22.5. The molecule has 1 aliphatic rings. The van der Waals surface area contributed by atoms with Crippen molar-refractivity contribution in [3.63, 3.8) is 0 Å². The molecule has 2 aromatic rings. The average molecular weight is 443 g/mol. The Balaban J connectivity index is 1.34. The number of fused-ring (bicyclic) bond motifs is 1. The first kappa shape index (κ1) is 23.0. The normalized spacial score (nSPS) is 13.9. The van der Waals surface area contributed by atoms with Crippen molar-refractivity contribution in [2.24, 2.45) is 0 Å². The molecule has 31 heavy (non-hydrogen) atoms. The van der Waals surface area contributed by atoms with Gasteiger partial charge in [-0.05, 0) is 49.6 Å². The van der Waals surface area contributed by atoms with Crippen LogP contribution in [0.4, 0.5) is 4.39 Å². The summed E-state index contributed by atoms with van der Waals surface area (Å²) in [4.78, 5) is 26.0. The summed E-state index contributed by atoms with van der Waals surface area (Å²) in [6, 6.07) is 11.9. The number of amides is 2. The van der Waals surface area contributed by atoms with Crippen molar-refractivity contribution < 1.29 is 18.7 Å². The second-order valence-electron chi connectivity index (χ2n) is 7.35. The van der Waals surface area contributed by atoms with Gasteiger partial charge in [0.2, 0.25) is 0 Å². The Morgan fingerprint density at radius 3 is 2.52 bits per heavy atom. The van der Waals surface area contributed by atoms with Gasteiger partial charge < -0.3 is 4.74 Å². The van der Waals surface area contributed by atoms with Gasteiger partial charge in [0.25, 0.3) is 11.8 Å². The molecule has 1 heterocycles. The number of imide groups is 1. The Bertz CT molecular complexity index is 915. The van der Waals surface area contributed by atoms with Crippen molar-refractivity contribution in [1.29, 1.82) is 0 Å². The number of hydrogen-bond acceptors (Lipinski definition) is 5. The second kappa shape index (κ2) is 11.1. The van der Waals surface area contributed by atoms with Gasteiger partial charge in [-0.25, -0.2) is 4.39 Å². The van der Waals surface area contributed by atoms with Crippen LogP contribution in [0.5, 0.6) is 5.75 Å². The summed E-state index contributed by atoms with van der Waals surface area (Å²) in [5.41, 5.74) is 1.94. The minimum absolute atomic E-state index is 0.0371. The van der Waals surface area contributed by atoms with Crippen LogP contribution < -0.4 is 9.46 Å². The minimum Gasteiger partial charge on any atom is -0.486 e. The molecule has 1 N–H and O–H groups in total. The highest BCUT2D eigenvalue weighted by Gasteiger charge is 2.34. The first-order chi connectivity index (χ1) is 15.0. The van der Waals surface area contributed by atoms with Crippen LogP contribution >= 0.6 is 11.9 Å². The van der Waals surface area contributed by atoms with Gasteiger partial charge in [-0.15, -0.1) is 0 Å². The quantitative estimate of drug-likeness (QED) is 0.213. The summed E-state index contributed by atoms with van der Waals surface area (Å²) in [5.74, 6) is 0.350. The number of rotatable bonds is 12. The number of carbonyl (C=O) groups excluding carboxylic acids is 2. The predicted octanol–water partition coefficient (Wildman–Crippen LogP) is 5.16. The lowest BCUT2D eigenvalue weighted by molar-refractivity contribution is 0.0651. The summed E-state index contributed by atoms with van der Waals surface area (Å²) in [5, 5.41) is 0. The van der Waals surface area contributed by atoms with E-state index < -0.39 is 0 Å². The van der Waals surface area contributed by atoms with E-state index in [2.05, 4.69) is 11.3 Å². The van der Waals surface area contributed by atoms with Gasteiger partial charge in [0.05, 0.1) is 11.1 Å². The van der Waals surface area contributed by atoms with Crippen LogP contribution in [0.25, 0.3) is 0 Å². The van der Waals surface area contributed by atoms with Crippen molar-refractivity contribution in [3.05, 3.63) is 77.6 Å². The molecule has 2 aromatic carbocycles. The third kappa shape index (κ3) is 5.74. The number of unbranched alkanes of at least 4 members (excludes halogenated alkanes) is 2. The van der Waals surface area contributed by atoms with E-state index in [4.69, 9.17) is 4.74 Å². The van der Waals surface area contributed by atoms with E-state index in [0.717, 1.165) is 30.6 Å². The summed E-state index contributed by atoms with van der Waals surface area (Å²) in [6.45, 7) is 6.30. The maximum absolute atomic E-state index is 13.8. The Labute approximate surface area is 186 Å². The molecule has 5 nitrogen and oxygen atoms in total. The fraction of sp³-hybridized carbons (Fsp3) is 0.333. The van der Waals surface area contributed by atoms with Crippen LogP contribution in [0.15, 0.2) is 55.1 Å².